The van der Waals surface area contributed by atoms with E-state index in [1.54, 1.807) is 11.8 Å². The van der Waals surface area contributed by atoms with Crippen molar-refractivity contribution in [1.82, 2.24) is 0 Å². The molecule has 0 atom stereocenters. The van der Waals surface area contributed by atoms with Crippen LogP contribution < -0.4 is 5.32 Å². The topological polar surface area (TPSA) is 24.4 Å². The molecule has 0 radical (unpaired) electrons. The Kier molecular flexibility index (Phi) is 4.92. The highest BCUT2D eigenvalue weighted by Crippen LogP contribution is 2.37. The molecular weight excluding hydrogens is 365 g/mol. The molecule has 116 valence electrons. The van der Waals surface area contributed by atoms with E-state index in [0.717, 1.165) is 30.7 Å². The van der Waals surface area contributed by atoms with Crippen molar-refractivity contribution in [3.8, 4) is 0 Å². The molecule has 0 fully saturated rings. The average Bonchev–Trinajstić information content (AvgIpc) is 2.84. The van der Waals surface area contributed by atoms with Gasteiger partial charge in [-0.15, -0.1) is 0 Å². The zero-order valence-electron chi connectivity index (χ0n) is 11.7. The third kappa shape index (κ3) is 3.74. The Hall–Kier alpha value is -0.690. The molecule has 1 aliphatic heterocycles. The van der Waals surface area contributed by atoms with Crippen LogP contribution in [0, 0.1) is 0 Å². The number of aliphatic imine (C=N–C) groups is 1. The SMILES string of the molecule is CCC1(CC)CSC(Nc2cc(C(F)(F)F)ccc2Br)=N1. The molecule has 1 aliphatic rings. The fraction of sp³-hybridized carbons (Fsp3) is 0.500. The molecule has 1 N–H and O–H groups in total. The summed E-state index contributed by atoms with van der Waals surface area (Å²) < 4.78 is 38.9. The number of hydrogen-bond acceptors (Lipinski definition) is 3. The summed E-state index contributed by atoms with van der Waals surface area (Å²) in [5, 5.41) is 3.69. The van der Waals surface area contributed by atoms with Crippen LogP contribution in [0.3, 0.4) is 0 Å². The van der Waals surface area contributed by atoms with Crippen LogP contribution in [0.4, 0.5) is 18.9 Å². The van der Waals surface area contributed by atoms with Crippen LogP contribution in [-0.4, -0.2) is 16.5 Å². The van der Waals surface area contributed by atoms with Crippen LogP contribution in [-0.2, 0) is 6.18 Å². The van der Waals surface area contributed by atoms with Crippen LogP contribution in [0.25, 0.3) is 0 Å². The van der Waals surface area contributed by atoms with E-state index in [1.165, 1.54) is 6.07 Å². The first-order valence-corrected chi connectivity index (χ1v) is 8.44. The van der Waals surface area contributed by atoms with Gasteiger partial charge in [-0.05, 0) is 47.0 Å². The minimum Gasteiger partial charge on any atom is -0.334 e. The van der Waals surface area contributed by atoms with E-state index in [-0.39, 0.29) is 5.54 Å². The fourth-order valence-electron chi connectivity index (χ4n) is 2.07. The number of nitrogens with one attached hydrogen (secondary N) is 1. The zero-order chi connectivity index (χ0) is 15.7. The number of anilines is 1. The van der Waals surface area contributed by atoms with Crippen molar-refractivity contribution in [2.45, 2.75) is 38.4 Å². The minimum atomic E-state index is -4.35. The molecule has 0 saturated heterocycles. The second-order valence-electron chi connectivity index (χ2n) is 4.95. The predicted octanol–water partition coefficient (Wildman–Crippen LogP) is 5.54. The van der Waals surface area contributed by atoms with Crippen LogP contribution in [0.1, 0.15) is 32.3 Å². The first-order valence-electron chi connectivity index (χ1n) is 6.66. The lowest BCUT2D eigenvalue weighted by Gasteiger charge is -2.20. The number of thioether (sulfide) groups is 1. The van der Waals surface area contributed by atoms with E-state index in [0.29, 0.717) is 15.3 Å². The maximum atomic E-state index is 12.8. The van der Waals surface area contributed by atoms with Crippen molar-refractivity contribution < 1.29 is 13.2 Å². The number of alkyl halides is 3. The lowest BCUT2D eigenvalue weighted by Crippen LogP contribution is -2.24. The highest BCUT2D eigenvalue weighted by molar-refractivity contribution is 9.10. The largest absolute Gasteiger partial charge is 0.416 e. The molecule has 0 bridgehead atoms. The van der Waals surface area contributed by atoms with Crippen molar-refractivity contribution in [2.24, 2.45) is 4.99 Å². The van der Waals surface area contributed by atoms with Crippen molar-refractivity contribution in [3.63, 3.8) is 0 Å². The molecule has 0 unspecified atom stereocenters. The fourth-order valence-corrected chi connectivity index (χ4v) is 3.74. The molecule has 0 aromatic heterocycles. The van der Waals surface area contributed by atoms with E-state index in [2.05, 4.69) is 40.1 Å². The summed E-state index contributed by atoms with van der Waals surface area (Å²) in [6, 6.07) is 3.56. The minimum absolute atomic E-state index is 0.0961. The van der Waals surface area contributed by atoms with Crippen LogP contribution in [0.5, 0.6) is 0 Å². The number of amidine groups is 1. The number of hydrogen-bond donors (Lipinski definition) is 1. The Morgan fingerprint density at radius 1 is 1.33 bits per heavy atom. The molecule has 21 heavy (non-hydrogen) atoms. The molecule has 2 rings (SSSR count). The highest BCUT2D eigenvalue weighted by Gasteiger charge is 2.33. The molecule has 2 nitrogen and oxygen atoms in total. The molecule has 1 aromatic carbocycles. The number of nitrogens with zero attached hydrogens (tertiary/aromatic N) is 1. The van der Waals surface area contributed by atoms with E-state index >= 15 is 0 Å². The van der Waals surface area contributed by atoms with Crippen molar-refractivity contribution in [1.29, 1.82) is 0 Å². The molecule has 0 spiro atoms. The van der Waals surface area contributed by atoms with Crippen LogP contribution >= 0.6 is 27.7 Å². The third-order valence-electron chi connectivity index (χ3n) is 3.67. The summed E-state index contributed by atoms with van der Waals surface area (Å²) in [6.45, 7) is 4.16. The van der Waals surface area contributed by atoms with E-state index < -0.39 is 11.7 Å². The second kappa shape index (κ2) is 6.20. The summed E-state index contributed by atoms with van der Waals surface area (Å²) >= 11 is 4.83. The summed E-state index contributed by atoms with van der Waals surface area (Å²) in [4.78, 5) is 4.65. The molecular formula is C14H16BrF3N2S. The molecule has 0 saturated carbocycles. The van der Waals surface area contributed by atoms with Gasteiger partial charge in [-0.2, -0.15) is 13.2 Å². The van der Waals surface area contributed by atoms with Gasteiger partial charge in [0, 0.05) is 10.2 Å². The molecule has 0 amide bonds. The van der Waals surface area contributed by atoms with Gasteiger partial charge in [-0.25, -0.2) is 0 Å². The maximum absolute atomic E-state index is 12.8. The van der Waals surface area contributed by atoms with E-state index in [4.69, 9.17) is 0 Å². The average molecular weight is 381 g/mol. The van der Waals surface area contributed by atoms with Crippen molar-refractivity contribution in [2.75, 3.05) is 11.1 Å². The lowest BCUT2D eigenvalue weighted by atomic mass is 9.97. The highest BCUT2D eigenvalue weighted by atomic mass is 79.9. The van der Waals surface area contributed by atoms with Crippen molar-refractivity contribution >= 4 is 38.5 Å². The zero-order valence-corrected chi connectivity index (χ0v) is 14.1. The Morgan fingerprint density at radius 2 is 2.00 bits per heavy atom. The van der Waals surface area contributed by atoms with Gasteiger partial charge in [0.15, 0.2) is 5.17 Å². The van der Waals surface area contributed by atoms with Crippen molar-refractivity contribution in [3.05, 3.63) is 28.2 Å². The molecule has 1 heterocycles. The second-order valence-corrected chi connectivity index (χ2v) is 6.77. The van der Waals surface area contributed by atoms with Gasteiger partial charge in [0.25, 0.3) is 0 Å². The number of halogens is 4. The Balaban J connectivity index is 2.25. The Bertz CT molecular complexity index is 554. The summed E-state index contributed by atoms with van der Waals surface area (Å²) in [7, 11) is 0. The first kappa shape index (κ1) is 16.7. The maximum Gasteiger partial charge on any atom is 0.416 e. The van der Waals surface area contributed by atoms with Gasteiger partial charge < -0.3 is 5.32 Å². The number of rotatable bonds is 3. The quantitative estimate of drug-likeness (QED) is 0.743. The standard InChI is InChI=1S/C14H16BrF3N2S/c1-3-13(4-2)8-21-12(20-13)19-11-7-9(14(16,17)18)5-6-10(11)15/h5-7H,3-4,8H2,1-2H3,(H,19,20). The van der Waals surface area contributed by atoms with Gasteiger partial charge >= 0.3 is 6.18 Å². The van der Waals surface area contributed by atoms with Gasteiger partial charge in [-0.3, -0.25) is 4.99 Å². The van der Waals surface area contributed by atoms with Gasteiger partial charge in [0.1, 0.15) is 0 Å². The number of benzene rings is 1. The molecule has 0 aliphatic carbocycles. The lowest BCUT2D eigenvalue weighted by molar-refractivity contribution is -0.137. The van der Waals surface area contributed by atoms with Gasteiger partial charge in [-0.1, -0.05) is 25.6 Å². The summed E-state index contributed by atoms with van der Waals surface area (Å²) in [5.41, 5.74) is -0.380. The summed E-state index contributed by atoms with van der Waals surface area (Å²) in [5.74, 6) is 0.860. The molecule has 7 heteroatoms. The molecule has 1 aromatic rings. The normalized spacial score (nSPS) is 17.7. The monoisotopic (exact) mass is 380 g/mol. The third-order valence-corrected chi connectivity index (χ3v) is 5.51. The van der Waals surface area contributed by atoms with Crippen LogP contribution in [0.15, 0.2) is 27.7 Å². The Labute approximate surface area is 134 Å². The summed E-state index contributed by atoms with van der Waals surface area (Å²) in [6.07, 6.45) is -2.50. The van der Waals surface area contributed by atoms with E-state index in [1.807, 2.05) is 0 Å². The van der Waals surface area contributed by atoms with Gasteiger partial charge in [0.05, 0.1) is 16.8 Å². The van der Waals surface area contributed by atoms with Crippen LogP contribution in [0.2, 0.25) is 0 Å². The van der Waals surface area contributed by atoms with E-state index in [9.17, 15) is 13.2 Å². The Morgan fingerprint density at radius 3 is 2.52 bits per heavy atom. The first-order chi connectivity index (χ1) is 9.79. The van der Waals surface area contributed by atoms with Gasteiger partial charge in [0.2, 0.25) is 0 Å². The predicted molar refractivity (Wildman–Crippen MR) is 86.0 cm³/mol. The smallest absolute Gasteiger partial charge is 0.334 e.